The largest absolute Gasteiger partial charge is 0.365 e. The fourth-order valence-corrected chi connectivity index (χ4v) is 3.96. The number of halogens is 1. The van der Waals surface area contributed by atoms with Gasteiger partial charge in [-0.15, -0.1) is 5.10 Å². The van der Waals surface area contributed by atoms with Gasteiger partial charge in [0.25, 0.3) is 5.91 Å². The average molecular weight is 398 g/mol. The van der Waals surface area contributed by atoms with Crippen LogP contribution in [-0.2, 0) is 7.05 Å². The summed E-state index contributed by atoms with van der Waals surface area (Å²) in [6.07, 6.45) is 5.93. The van der Waals surface area contributed by atoms with E-state index in [1.807, 2.05) is 38.4 Å². The van der Waals surface area contributed by atoms with Crippen LogP contribution in [-0.4, -0.2) is 49.8 Å². The van der Waals surface area contributed by atoms with Gasteiger partial charge in [-0.25, -0.2) is 4.68 Å². The third-order valence-corrected chi connectivity index (χ3v) is 5.60. The Morgan fingerprint density at radius 2 is 2.04 bits per heavy atom. The van der Waals surface area contributed by atoms with E-state index in [-0.39, 0.29) is 5.91 Å². The number of aromatic nitrogens is 5. The molecular formula is C19H20ClN7O. The van der Waals surface area contributed by atoms with E-state index in [9.17, 15) is 4.79 Å². The first kappa shape index (κ1) is 17.2. The molecule has 1 aliphatic carbocycles. The van der Waals surface area contributed by atoms with E-state index in [0.29, 0.717) is 29.0 Å². The van der Waals surface area contributed by atoms with Crippen LogP contribution < -0.4 is 9.80 Å². The zero-order chi connectivity index (χ0) is 19.4. The highest BCUT2D eigenvalue weighted by molar-refractivity contribution is 6.31. The number of carbonyl (C=O) groups excluding carboxylic acids is 1. The quantitative estimate of drug-likeness (QED) is 0.679. The lowest BCUT2D eigenvalue weighted by molar-refractivity contribution is 0.0981. The lowest BCUT2D eigenvalue weighted by atomic mass is 10.1. The monoisotopic (exact) mass is 397 g/mol. The summed E-state index contributed by atoms with van der Waals surface area (Å²) in [5.41, 5.74) is 3.70. The van der Waals surface area contributed by atoms with Crippen LogP contribution in [0.1, 0.15) is 29.0 Å². The Morgan fingerprint density at radius 3 is 2.75 bits per heavy atom. The summed E-state index contributed by atoms with van der Waals surface area (Å²) in [7, 11) is 1.84. The fraction of sp³-hybridized carbons (Fsp3) is 0.368. The topological polar surface area (TPSA) is 72.1 Å². The molecule has 0 bridgehead atoms. The maximum atomic E-state index is 13.4. The molecule has 0 unspecified atom stereocenters. The molecule has 1 aliphatic heterocycles. The standard InChI is InChI=1S/C19H20ClN7O/c1-12-18(22-23-27(12)15-10-21-24(2)11-15)19(28)26-8-7-25(14-4-5-14)16-6-3-13(20)9-17(16)26/h3,6,9-11,14H,4-5,7-8H2,1-2H3. The first-order valence-corrected chi connectivity index (χ1v) is 9.70. The molecule has 3 heterocycles. The van der Waals surface area contributed by atoms with Gasteiger partial charge in [0.05, 0.1) is 29.5 Å². The van der Waals surface area contributed by atoms with Gasteiger partial charge >= 0.3 is 0 Å². The van der Waals surface area contributed by atoms with Crippen molar-refractivity contribution in [1.82, 2.24) is 24.8 Å². The second-order valence-corrected chi connectivity index (χ2v) is 7.76. The number of amides is 1. The van der Waals surface area contributed by atoms with E-state index in [0.717, 1.165) is 23.6 Å². The molecule has 1 amide bonds. The molecule has 0 N–H and O–H groups in total. The third-order valence-electron chi connectivity index (χ3n) is 5.37. The van der Waals surface area contributed by atoms with Crippen molar-refractivity contribution in [3.05, 3.63) is 47.0 Å². The Bertz CT molecular complexity index is 1070. The molecule has 1 fully saturated rings. The Balaban J connectivity index is 1.51. The Morgan fingerprint density at radius 1 is 1.21 bits per heavy atom. The van der Waals surface area contributed by atoms with E-state index in [1.54, 1.807) is 20.5 Å². The van der Waals surface area contributed by atoms with E-state index in [1.165, 1.54) is 12.8 Å². The van der Waals surface area contributed by atoms with Crippen LogP contribution in [0.25, 0.3) is 5.69 Å². The van der Waals surface area contributed by atoms with Gasteiger partial charge in [-0.05, 0) is 38.0 Å². The molecule has 9 heteroatoms. The van der Waals surface area contributed by atoms with E-state index in [2.05, 4.69) is 20.3 Å². The zero-order valence-corrected chi connectivity index (χ0v) is 16.5. The molecule has 1 saturated carbocycles. The predicted molar refractivity (Wildman–Crippen MR) is 106 cm³/mol. The molecule has 0 saturated heterocycles. The van der Waals surface area contributed by atoms with E-state index < -0.39 is 0 Å². The van der Waals surface area contributed by atoms with Crippen LogP contribution in [0.4, 0.5) is 11.4 Å². The van der Waals surface area contributed by atoms with Crippen molar-refractivity contribution < 1.29 is 4.79 Å². The smallest absolute Gasteiger partial charge is 0.280 e. The van der Waals surface area contributed by atoms with E-state index >= 15 is 0 Å². The van der Waals surface area contributed by atoms with Gasteiger partial charge in [-0.1, -0.05) is 16.8 Å². The highest BCUT2D eigenvalue weighted by atomic mass is 35.5. The number of nitrogens with zero attached hydrogens (tertiary/aromatic N) is 7. The maximum absolute atomic E-state index is 13.4. The molecule has 2 aromatic heterocycles. The number of benzene rings is 1. The normalized spacial score (nSPS) is 16.4. The van der Waals surface area contributed by atoms with Crippen LogP contribution >= 0.6 is 11.6 Å². The van der Waals surface area contributed by atoms with Gasteiger partial charge in [0.15, 0.2) is 5.69 Å². The number of fused-ring (bicyclic) bond motifs is 1. The fourth-order valence-electron chi connectivity index (χ4n) is 3.80. The molecule has 3 aromatic rings. The number of aryl methyl sites for hydroxylation is 1. The molecule has 28 heavy (non-hydrogen) atoms. The summed E-state index contributed by atoms with van der Waals surface area (Å²) in [5, 5.41) is 13.1. The molecule has 5 rings (SSSR count). The molecule has 0 spiro atoms. The molecule has 0 radical (unpaired) electrons. The predicted octanol–water partition coefficient (Wildman–Crippen LogP) is 2.59. The van der Waals surface area contributed by atoms with Gasteiger partial charge in [-0.2, -0.15) is 5.10 Å². The number of carbonyl (C=O) groups is 1. The summed E-state index contributed by atoms with van der Waals surface area (Å²) in [5.74, 6) is -0.161. The SMILES string of the molecule is Cc1c(C(=O)N2CCN(C3CC3)c3ccc(Cl)cc32)nnn1-c1cnn(C)c1. The minimum absolute atomic E-state index is 0.161. The molecule has 0 atom stereocenters. The Hall–Kier alpha value is -2.87. The van der Waals surface area contributed by atoms with Gasteiger partial charge in [0, 0.05) is 31.2 Å². The highest BCUT2D eigenvalue weighted by Crippen LogP contribution is 2.41. The lowest BCUT2D eigenvalue weighted by Crippen LogP contribution is -2.45. The second kappa shape index (κ2) is 6.34. The third kappa shape index (κ3) is 2.75. The van der Waals surface area contributed by atoms with Crippen LogP contribution in [0.3, 0.4) is 0 Å². The van der Waals surface area contributed by atoms with Crippen LogP contribution in [0, 0.1) is 6.92 Å². The summed E-state index contributed by atoms with van der Waals surface area (Å²) in [6.45, 7) is 3.25. The van der Waals surface area contributed by atoms with Crippen molar-refractivity contribution in [2.24, 2.45) is 7.05 Å². The molecule has 144 valence electrons. The van der Waals surface area contributed by atoms with E-state index in [4.69, 9.17) is 11.6 Å². The van der Waals surface area contributed by atoms with Gasteiger partial charge < -0.3 is 9.80 Å². The molecular weight excluding hydrogens is 378 g/mol. The van der Waals surface area contributed by atoms with Crippen molar-refractivity contribution in [3.8, 4) is 5.69 Å². The van der Waals surface area contributed by atoms with Crippen LogP contribution in [0.15, 0.2) is 30.6 Å². The number of anilines is 2. The summed E-state index contributed by atoms with van der Waals surface area (Å²) >= 11 is 6.26. The minimum Gasteiger partial charge on any atom is -0.365 e. The summed E-state index contributed by atoms with van der Waals surface area (Å²) in [6, 6.07) is 6.33. The van der Waals surface area contributed by atoms with Crippen molar-refractivity contribution in [2.75, 3.05) is 22.9 Å². The van der Waals surface area contributed by atoms with Crippen molar-refractivity contribution in [1.29, 1.82) is 0 Å². The van der Waals surface area contributed by atoms with Crippen molar-refractivity contribution in [2.45, 2.75) is 25.8 Å². The highest BCUT2D eigenvalue weighted by Gasteiger charge is 2.36. The van der Waals surface area contributed by atoms with Crippen LogP contribution in [0.2, 0.25) is 5.02 Å². The average Bonchev–Trinajstić information content (AvgIpc) is 3.33. The van der Waals surface area contributed by atoms with Gasteiger partial charge in [0.2, 0.25) is 0 Å². The lowest BCUT2D eigenvalue weighted by Gasteiger charge is -2.37. The first-order valence-electron chi connectivity index (χ1n) is 9.32. The van der Waals surface area contributed by atoms with Crippen LogP contribution in [0.5, 0.6) is 0 Å². The van der Waals surface area contributed by atoms with Crippen molar-refractivity contribution >= 4 is 28.9 Å². The summed E-state index contributed by atoms with van der Waals surface area (Å²) < 4.78 is 3.33. The maximum Gasteiger partial charge on any atom is 0.280 e. The molecule has 8 nitrogen and oxygen atoms in total. The molecule has 2 aliphatic rings. The number of hydrogen-bond acceptors (Lipinski definition) is 5. The number of hydrogen-bond donors (Lipinski definition) is 0. The second-order valence-electron chi connectivity index (χ2n) is 7.32. The van der Waals surface area contributed by atoms with Crippen molar-refractivity contribution in [3.63, 3.8) is 0 Å². The summed E-state index contributed by atoms with van der Waals surface area (Å²) in [4.78, 5) is 17.5. The first-order chi connectivity index (χ1) is 13.5. The Labute approximate surface area is 167 Å². The Kier molecular flexibility index (Phi) is 3.90. The van der Waals surface area contributed by atoms with Gasteiger partial charge in [0.1, 0.15) is 5.69 Å². The van der Waals surface area contributed by atoms with Gasteiger partial charge in [-0.3, -0.25) is 9.48 Å². The number of rotatable bonds is 3. The zero-order valence-electron chi connectivity index (χ0n) is 15.7. The minimum atomic E-state index is -0.161. The molecule has 1 aromatic carbocycles.